The Morgan fingerprint density at radius 2 is 2.23 bits per heavy atom. The molecule has 13 heavy (non-hydrogen) atoms. The van der Waals surface area contributed by atoms with Crippen LogP contribution in [0.4, 0.5) is 4.39 Å². The van der Waals surface area contributed by atoms with Crippen LogP contribution in [0.2, 0.25) is 0 Å². The summed E-state index contributed by atoms with van der Waals surface area (Å²) >= 11 is 0. The Morgan fingerprint density at radius 3 is 2.92 bits per heavy atom. The van der Waals surface area contributed by atoms with Crippen molar-refractivity contribution in [2.24, 2.45) is 0 Å². The van der Waals surface area contributed by atoms with Gasteiger partial charge in [-0.2, -0.15) is 5.26 Å². The Morgan fingerprint density at radius 1 is 1.46 bits per heavy atom. The highest BCUT2D eigenvalue weighted by Gasteiger charge is 2.07. The molecule has 0 aliphatic heterocycles. The molecule has 0 radical (unpaired) electrons. The number of rotatable bonds is 0. The van der Waals surface area contributed by atoms with Gasteiger partial charge >= 0.3 is 0 Å². The summed E-state index contributed by atoms with van der Waals surface area (Å²) in [6.45, 7) is 0. The van der Waals surface area contributed by atoms with Gasteiger partial charge in [-0.1, -0.05) is 0 Å². The first-order valence-corrected chi connectivity index (χ1v) is 3.62. The van der Waals surface area contributed by atoms with E-state index in [2.05, 4.69) is 4.98 Å². The number of aromatic nitrogens is 1. The van der Waals surface area contributed by atoms with E-state index in [4.69, 9.17) is 10.4 Å². The van der Waals surface area contributed by atoms with Gasteiger partial charge < -0.3 is 10.1 Å². The number of hydrogen-bond donors (Lipinski definition) is 2. The molecule has 4 heteroatoms. The predicted molar refractivity (Wildman–Crippen MR) is 44.6 cm³/mol. The lowest BCUT2D eigenvalue weighted by Crippen LogP contribution is -1.77. The third-order valence-electron chi connectivity index (χ3n) is 1.87. The van der Waals surface area contributed by atoms with E-state index in [1.165, 1.54) is 12.3 Å². The van der Waals surface area contributed by atoms with E-state index in [-0.39, 0.29) is 0 Å². The van der Waals surface area contributed by atoms with Crippen molar-refractivity contribution in [3.8, 4) is 11.8 Å². The van der Waals surface area contributed by atoms with Crippen LogP contribution in [0.25, 0.3) is 10.9 Å². The Bertz CT molecular complexity index is 510. The lowest BCUT2D eigenvalue weighted by Gasteiger charge is -1.94. The molecule has 1 aromatic heterocycles. The lowest BCUT2D eigenvalue weighted by molar-refractivity contribution is 0.433. The van der Waals surface area contributed by atoms with Gasteiger partial charge in [-0.3, -0.25) is 0 Å². The summed E-state index contributed by atoms with van der Waals surface area (Å²) in [5, 5.41) is 18.2. The van der Waals surface area contributed by atoms with E-state index < -0.39 is 11.6 Å². The molecule has 0 atom stereocenters. The maximum atomic E-state index is 12.8. The molecular weight excluding hydrogens is 171 g/mol. The molecule has 0 saturated carbocycles. The minimum atomic E-state index is -0.696. The van der Waals surface area contributed by atoms with Crippen LogP contribution in [0.15, 0.2) is 18.3 Å². The maximum Gasteiger partial charge on any atom is 0.166 e. The van der Waals surface area contributed by atoms with E-state index in [1.807, 2.05) is 6.07 Å². The predicted octanol–water partition coefficient (Wildman–Crippen LogP) is 1.88. The Balaban J connectivity index is 2.86. The molecule has 0 spiro atoms. The van der Waals surface area contributed by atoms with E-state index in [0.717, 1.165) is 6.07 Å². The lowest BCUT2D eigenvalue weighted by atomic mass is 10.2. The van der Waals surface area contributed by atoms with Crippen molar-refractivity contribution in [1.82, 2.24) is 4.98 Å². The number of nitrogens with one attached hydrogen (secondary N) is 1. The summed E-state index contributed by atoms with van der Waals surface area (Å²) in [7, 11) is 0. The number of phenols is 1. The number of benzene rings is 1. The second-order valence-electron chi connectivity index (χ2n) is 2.66. The molecule has 2 N–H and O–H groups in total. The van der Waals surface area contributed by atoms with Crippen molar-refractivity contribution in [3.63, 3.8) is 0 Å². The molecule has 0 saturated heterocycles. The van der Waals surface area contributed by atoms with Gasteiger partial charge in [0.2, 0.25) is 0 Å². The minimum absolute atomic E-state index is 0.394. The number of nitrogens with zero attached hydrogens (tertiary/aromatic N) is 1. The number of H-pyrrole nitrogens is 1. The van der Waals surface area contributed by atoms with Crippen LogP contribution >= 0.6 is 0 Å². The van der Waals surface area contributed by atoms with Gasteiger partial charge in [0.05, 0.1) is 5.56 Å². The zero-order valence-corrected chi connectivity index (χ0v) is 6.50. The largest absolute Gasteiger partial charge is 0.505 e. The van der Waals surface area contributed by atoms with Crippen LogP contribution in [-0.4, -0.2) is 10.1 Å². The van der Waals surface area contributed by atoms with Gasteiger partial charge in [0.1, 0.15) is 6.07 Å². The third-order valence-corrected chi connectivity index (χ3v) is 1.87. The second kappa shape index (κ2) is 2.49. The van der Waals surface area contributed by atoms with Gasteiger partial charge in [-0.15, -0.1) is 0 Å². The van der Waals surface area contributed by atoms with Crippen molar-refractivity contribution in [2.45, 2.75) is 0 Å². The van der Waals surface area contributed by atoms with Crippen molar-refractivity contribution in [1.29, 1.82) is 5.26 Å². The van der Waals surface area contributed by atoms with E-state index in [9.17, 15) is 4.39 Å². The van der Waals surface area contributed by atoms with Crippen LogP contribution in [0.1, 0.15) is 5.56 Å². The standard InChI is InChI=1S/C9H5FN2O/c10-7-2-8-6(1-9(7)13)5(3-11)4-12-8/h1-2,4,12-13H. The van der Waals surface area contributed by atoms with Gasteiger partial charge in [0.15, 0.2) is 11.6 Å². The quantitative estimate of drug-likeness (QED) is 0.643. The minimum Gasteiger partial charge on any atom is -0.505 e. The molecule has 64 valence electrons. The molecule has 1 heterocycles. The first-order chi connectivity index (χ1) is 6.22. The summed E-state index contributed by atoms with van der Waals surface area (Å²) < 4.78 is 12.8. The number of halogens is 1. The van der Waals surface area contributed by atoms with Crippen LogP contribution in [0.5, 0.6) is 5.75 Å². The summed E-state index contributed by atoms with van der Waals surface area (Å²) in [5.74, 6) is -1.14. The highest BCUT2D eigenvalue weighted by molar-refractivity contribution is 5.86. The fraction of sp³-hybridized carbons (Fsp3) is 0. The zero-order chi connectivity index (χ0) is 9.42. The summed E-state index contributed by atoms with van der Waals surface area (Å²) in [5.41, 5.74) is 0.900. The molecule has 0 fully saturated rings. The highest BCUT2D eigenvalue weighted by Crippen LogP contribution is 2.25. The van der Waals surface area contributed by atoms with Gasteiger partial charge in [0, 0.05) is 23.2 Å². The van der Waals surface area contributed by atoms with Gasteiger partial charge in [-0.05, 0) is 6.07 Å². The molecular formula is C9H5FN2O. The zero-order valence-electron chi connectivity index (χ0n) is 6.50. The number of nitriles is 1. The Hall–Kier alpha value is -2.02. The SMILES string of the molecule is N#Cc1c[nH]c2cc(F)c(O)cc12. The number of aromatic amines is 1. The fourth-order valence-electron chi connectivity index (χ4n) is 1.22. The number of aromatic hydroxyl groups is 1. The normalized spacial score (nSPS) is 10.2. The molecule has 1 aromatic carbocycles. The van der Waals surface area contributed by atoms with E-state index in [0.29, 0.717) is 16.5 Å². The molecule has 0 bridgehead atoms. The average molecular weight is 176 g/mol. The first kappa shape index (κ1) is 7.62. The van der Waals surface area contributed by atoms with E-state index in [1.54, 1.807) is 0 Å². The maximum absolute atomic E-state index is 12.8. The van der Waals surface area contributed by atoms with Crippen LogP contribution < -0.4 is 0 Å². The summed E-state index contributed by atoms with van der Waals surface area (Å²) in [4.78, 5) is 2.73. The summed E-state index contributed by atoms with van der Waals surface area (Å²) in [6.07, 6.45) is 1.48. The van der Waals surface area contributed by atoms with Crippen LogP contribution in [0.3, 0.4) is 0 Å². The number of fused-ring (bicyclic) bond motifs is 1. The van der Waals surface area contributed by atoms with Crippen molar-refractivity contribution in [2.75, 3.05) is 0 Å². The van der Waals surface area contributed by atoms with Crippen molar-refractivity contribution in [3.05, 3.63) is 29.7 Å². The third kappa shape index (κ3) is 1.02. The average Bonchev–Trinajstić information content (AvgIpc) is 2.48. The Kier molecular flexibility index (Phi) is 1.46. The van der Waals surface area contributed by atoms with Crippen molar-refractivity contribution < 1.29 is 9.50 Å². The number of phenolic OH excluding ortho intramolecular Hbond substituents is 1. The number of hydrogen-bond acceptors (Lipinski definition) is 2. The van der Waals surface area contributed by atoms with Gasteiger partial charge in [-0.25, -0.2) is 4.39 Å². The molecule has 3 nitrogen and oxygen atoms in total. The van der Waals surface area contributed by atoms with Gasteiger partial charge in [0.25, 0.3) is 0 Å². The van der Waals surface area contributed by atoms with Crippen LogP contribution in [0, 0.1) is 17.1 Å². The monoisotopic (exact) mass is 176 g/mol. The molecule has 2 rings (SSSR count). The van der Waals surface area contributed by atoms with Crippen LogP contribution in [-0.2, 0) is 0 Å². The first-order valence-electron chi connectivity index (χ1n) is 3.62. The highest BCUT2D eigenvalue weighted by atomic mass is 19.1. The topological polar surface area (TPSA) is 59.8 Å². The molecule has 0 unspecified atom stereocenters. The molecule has 0 amide bonds. The molecule has 2 aromatic rings. The Labute approximate surface area is 73.0 Å². The van der Waals surface area contributed by atoms with E-state index >= 15 is 0 Å². The molecule has 0 aliphatic rings. The van der Waals surface area contributed by atoms with Crippen molar-refractivity contribution >= 4 is 10.9 Å². The fourth-order valence-corrected chi connectivity index (χ4v) is 1.22. The second-order valence-corrected chi connectivity index (χ2v) is 2.66. The smallest absolute Gasteiger partial charge is 0.166 e. The molecule has 0 aliphatic carbocycles. The summed E-state index contributed by atoms with van der Waals surface area (Å²) in [6, 6.07) is 4.33.